The fourth-order valence-corrected chi connectivity index (χ4v) is 3.02. The number of alkyl halides is 2. The maximum Gasteiger partial charge on any atom is 0.319 e. The molecule has 3 aromatic heterocycles. The molecular formula is C16H15F3N6O3. The second-order valence-corrected chi connectivity index (χ2v) is 6.17. The van der Waals surface area contributed by atoms with Crippen molar-refractivity contribution >= 4 is 11.3 Å². The molecule has 0 amide bonds. The summed E-state index contributed by atoms with van der Waals surface area (Å²) in [6.07, 6.45) is 0.454. The molecule has 28 heavy (non-hydrogen) atoms. The van der Waals surface area contributed by atoms with E-state index in [0.717, 1.165) is 10.7 Å². The van der Waals surface area contributed by atoms with Gasteiger partial charge in [0, 0.05) is 6.20 Å². The first kappa shape index (κ1) is 18.2. The molecule has 12 heteroatoms. The van der Waals surface area contributed by atoms with E-state index in [2.05, 4.69) is 20.1 Å². The van der Waals surface area contributed by atoms with Crippen molar-refractivity contribution in [1.82, 2.24) is 24.6 Å². The van der Waals surface area contributed by atoms with Gasteiger partial charge in [0.25, 0.3) is 5.92 Å². The molecule has 3 aromatic rings. The first-order chi connectivity index (χ1) is 13.3. The molecule has 0 aliphatic carbocycles. The molecule has 1 fully saturated rings. The Balaban J connectivity index is 1.89. The topological polar surface area (TPSA) is 97.9 Å². The van der Waals surface area contributed by atoms with Gasteiger partial charge in [0.2, 0.25) is 11.8 Å². The van der Waals surface area contributed by atoms with E-state index in [4.69, 9.17) is 9.47 Å². The van der Waals surface area contributed by atoms with Gasteiger partial charge in [-0.15, -0.1) is 0 Å². The summed E-state index contributed by atoms with van der Waals surface area (Å²) in [5.74, 6) is -3.97. The van der Waals surface area contributed by atoms with Gasteiger partial charge in [-0.05, 0) is 6.07 Å². The zero-order valence-corrected chi connectivity index (χ0v) is 14.8. The monoisotopic (exact) mass is 396 g/mol. The molecule has 0 aromatic carbocycles. The Bertz CT molecular complexity index is 1040. The van der Waals surface area contributed by atoms with Crippen LogP contribution in [0.25, 0.3) is 16.9 Å². The first-order valence-corrected chi connectivity index (χ1v) is 8.14. The third-order valence-electron chi connectivity index (χ3n) is 4.41. The lowest BCUT2D eigenvalue weighted by molar-refractivity contribution is -0.0712. The van der Waals surface area contributed by atoms with Gasteiger partial charge in [0.05, 0.1) is 44.8 Å². The normalized spacial score (nSPS) is 18.6. The SMILES string of the molecule is COc1ncc(-c2cc(N3C[C@H](O)C(F)(F)C3)c3ncc(F)n3n2)c(OC)n1. The van der Waals surface area contributed by atoms with Gasteiger partial charge in [-0.1, -0.05) is 0 Å². The zero-order chi connectivity index (χ0) is 20.1. The number of halogens is 3. The van der Waals surface area contributed by atoms with Crippen LogP contribution >= 0.6 is 0 Å². The maximum absolute atomic E-state index is 14.2. The Morgan fingerprint density at radius 1 is 1.21 bits per heavy atom. The Hall–Kier alpha value is -3.15. The second kappa shape index (κ2) is 6.48. The van der Waals surface area contributed by atoms with Crippen LogP contribution < -0.4 is 14.4 Å². The molecule has 1 aliphatic heterocycles. The van der Waals surface area contributed by atoms with Crippen LogP contribution in [0.3, 0.4) is 0 Å². The molecule has 1 aliphatic rings. The summed E-state index contributed by atoms with van der Waals surface area (Å²) in [5.41, 5.74) is 0.692. The van der Waals surface area contributed by atoms with E-state index >= 15 is 0 Å². The lowest BCUT2D eigenvalue weighted by atomic mass is 10.2. The first-order valence-electron chi connectivity index (χ1n) is 8.14. The van der Waals surface area contributed by atoms with Crippen LogP contribution in [0.15, 0.2) is 18.5 Å². The number of imidazole rings is 1. The Morgan fingerprint density at radius 2 is 2.00 bits per heavy atom. The van der Waals surface area contributed by atoms with Crippen molar-refractivity contribution in [3.8, 4) is 23.1 Å². The van der Waals surface area contributed by atoms with E-state index < -0.39 is 24.5 Å². The number of β-amino-alcohol motifs (C(OH)–C–C–N with tert-alkyl or cyclic N) is 1. The Morgan fingerprint density at radius 3 is 2.64 bits per heavy atom. The van der Waals surface area contributed by atoms with Crippen molar-refractivity contribution in [3.63, 3.8) is 0 Å². The molecule has 1 atom stereocenters. The van der Waals surface area contributed by atoms with Crippen molar-refractivity contribution < 1.29 is 27.8 Å². The molecule has 0 unspecified atom stereocenters. The number of hydrogen-bond acceptors (Lipinski definition) is 8. The molecule has 1 N–H and O–H groups in total. The summed E-state index contributed by atoms with van der Waals surface area (Å²) < 4.78 is 52.9. The fraction of sp³-hybridized carbons (Fsp3) is 0.375. The number of rotatable bonds is 4. The van der Waals surface area contributed by atoms with E-state index in [9.17, 15) is 18.3 Å². The standard InChI is InChI=1S/C16H15F3N6O3/c1-27-14-8(4-21-15(22-14)28-2)9-3-10(13-20-5-12(17)25(13)23-9)24-6-11(26)16(18,19)7-24/h3-5,11,26H,6-7H2,1-2H3/t11-/m0/s1. The summed E-state index contributed by atoms with van der Waals surface area (Å²) in [7, 11) is 2.76. The van der Waals surface area contributed by atoms with Gasteiger partial charge in [0.1, 0.15) is 11.8 Å². The van der Waals surface area contributed by atoms with Crippen LogP contribution in [0, 0.1) is 5.95 Å². The number of nitrogens with zero attached hydrogens (tertiary/aromatic N) is 6. The van der Waals surface area contributed by atoms with Crippen LogP contribution in [0.5, 0.6) is 11.9 Å². The number of aromatic nitrogens is 5. The summed E-state index contributed by atoms with van der Waals surface area (Å²) in [5, 5.41) is 13.8. The molecule has 0 radical (unpaired) electrons. The van der Waals surface area contributed by atoms with Gasteiger partial charge in [0.15, 0.2) is 5.65 Å². The number of fused-ring (bicyclic) bond motifs is 1. The van der Waals surface area contributed by atoms with Gasteiger partial charge >= 0.3 is 6.01 Å². The van der Waals surface area contributed by atoms with E-state index in [1.54, 1.807) is 0 Å². The van der Waals surface area contributed by atoms with Crippen LogP contribution in [0.2, 0.25) is 0 Å². The Kier molecular flexibility index (Phi) is 4.22. The molecule has 0 saturated carbocycles. The average molecular weight is 396 g/mol. The van der Waals surface area contributed by atoms with Crippen molar-refractivity contribution in [2.45, 2.75) is 12.0 Å². The highest BCUT2D eigenvalue weighted by molar-refractivity contribution is 5.76. The third-order valence-corrected chi connectivity index (χ3v) is 4.41. The number of methoxy groups -OCH3 is 2. The quantitative estimate of drug-likeness (QED) is 0.702. The highest BCUT2D eigenvalue weighted by Crippen LogP contribution is 2.36. The molecule has 148 valence electrons. The lowest BCUT2D eigenvalue weighted by Gasteiger charge is -2.19. The summed E-state index contributed by atoms with van der Waals surface area (Å²) >= 11 is 0. The summed E-state index contributed by atoms with van der Waals surface area (Å²) in [6.45, 7) is -1.07. The molecule has 1 saturated heterocycles. The maximum atomic E-state index is 14.2. The molecule has 0 bridgehead atoms. The zero-order valence-electron chi connectivity index (χ0n) is 14.8. The molecule has 4 heterocycles. The van der Waals surface area contributed by atoms with Gasteiger partial charge in [-0.3, -0.25) is 0 Å². The number of hydrogen-bond donors (Lipinski definition) is 1. The van der Waals surface area contributed by atoms with E-state index in [1.807, 2.05) is 0 Å². The van der Waals surface area contributed by atoms with E-state index in [0.29, 0.717) is 5.56 Å². The largest absolute Gasteiger partial charge is 0.480 e. The van der Waals surface area contributed by atoms with Crippen molar-refractivity contribution in [2.24, 2.45) is 0 Å². The third kappa shape index (κ3) is 2.85. The highest BCUT2D eigenvalue weighted by Gasteiger charge is 2.48. The predicted molar refractivity (Wildman–Crippen MR) is 90.2 cm³/mol. The average Bonchev–Trinajstić information content (AvgIpc) is 3.19. The smallest absolute Gasteiger partial charge is 0.319 e. The predicted octanol–water partition coefficient (Wildman–Crippen LogP) is 1.16. The summed E-state index contributed by atoms with van der Waals surface area (Å²) in [4.78, 5) is 13.2. The van der Waals surface area contributed by atoms with Crippen LogP contribution in [0.1, 0.15) is 0 Å². The van der Waals surface area contributed by atoms with E-state index in [-0.39, 0.29) is 35.5 Å². The van der Waals surface area contributed by atoms with Gasteiger partial charge < -0.3 is 19.5 Å². The van der Waals surface area contributed by atoms with Crippen molar-refractivity contribution in [3.05, 3.63) is 24.4 Å². The highest BCUT2D eigenvalue weighted by atomic mass is 19.3. The van der Waals surface area contributed by atoms with Gasteiger partial charge in [-0.2, -0.15) is 19.0 Å². The lowest BCUT2D eigenvalue weighted by Crippen LogP contribution is -2.31. The van der Waals surface area contributed by atoms with E-state index in [1.165, 1.54) is 31.4 Å². The second-order valence-electron chi connectivity index (χ2n) is 6.17. The minimum atomic E-state index is -3.30. The number of aliphatic hydroxyl groups excluding tert-OH is 1. The molecule has 0 spiro atoms. The van der Waals surface area contributed by atoms with Crippen LogP contribution in [0.4, 0.5) is 18.9 Å². The Labute approximate surface area is 156 Å². The molecule has 4 rings (SSSR count). The van der Waals surface area contributed by atoms with Crippen molar-refractivity contribution in [2.75, 3.05) is 32.2 Å². The van der Waals surface area contributed by atoms with Crippen molar-refractivity contribution in [1.29, 1.82) is 0 Å². The number of aliphatic hydroxyl groups is 1. The number of anilines is 1. The van der Waals surface area contributed by atoms with Crippen LogP contribution in [-0.4, -0.2) is 69.0 Å². The minimum absolute atomic E-state index is 0.0412. The fourth-order valence-electron chi connectivity index (χ4n) is 3.02. The summed E-state index contributed by atoms with van der Waals surface area (Å²) in [6, 6.07) is 1.50. The number of ether oxygens (including phenoxy) is 2. The minimum Gasteiger partial charge on any atom is -0.480 e. The van der Waals surface area contributed by atoms with Gasteiger partial charge in [-0.25, -0.2) is 18.7 Å². The van der Waals surface area contributed by atoms with Crippen LogP contribution in [-0.2, 0) is 0 Å². The molecule has 9 nitrogen and oxygen atoms in total. The molecular weight excluding hydrogens is 381 g/mol.